The Morgan fingerprint density at radius 1 is 1.25 bits per heavy atom. The molecule has 1 aromatic heterocycles. The van der Waals surface area contributed by atoms with Gasteiger partial charge in [0.1, 0.15) is 0 Å². The summed E-state index contributed by atoms with van der Waals surface area (Å²) in [4.78, 5) is 4.36. The number of hydrogen-bond donors (Lipinski definition) is 1. The molecule has 0 spiro atoms. The molecule has 1 rings (SSSR count). The minimum atomic E-state index is 0.232. The third kappa shape index (κ3) is 6.23. The second kappa shape index (κ2) is 6.36. The highest BCUT2D eigenvalue weighted by atomic mass is 79.9. The average molecular weight is 285 g/mol. The molecule has 0 aliphatic carbocycles. The van der Waals surface area contributed by atoms with Gasteiger partial charge in [-0.15, -0.1) is 0 Å². The summed E-state index contributed by atoms with van der Waals surface area (Å²) in [6, 6.07) is 4.14. The monoisotopic (exact) mass is 284 g/mol. The Bertz CT molecular complexity index is 301. The van der Waals surface area contributed by atoms with Crippen molar-refractivity contribution < 1.29 is 0 Å². The quantitative estimate of drug-likeness (QED) is 0.837. The number of unbranched alkanes of at least 4 members (excludes halogenated alkanes) is 1. The van der Waals surface area contributed by atoms with Gasteiger partial charge in [-0.25, -0.2) is 0 Å². The van der Waals surface area contributed by atoms with Crippen molar-refractivity contribution in [3.63, 3.8) is 0 Å². The van der Waals surface area contributed by atoms with Gasteiger partial charge in [-0.2, -0.15) is 0 Å². The van der Waals surface area contributed by atoms with Crippen molar-refractivity contribution in [2.75, 3.05) is 6.54 Å². The van der Waals surface area contributed by atoms with Crippen molar-refractivity contribution >= 4 is 15.9 Å². The van der Waals surface area contributed by atoms with Crippen molar-refractivity contribution in [3.8, 4) is 0 Å². The predicted octanol–water partition coefficient (Wildman–Crippen LogP) is 3.55. The van der Waals surface area contributed by atoms with Gasteiger partial charge in [0.2, 0.25) is 0 Å². The Hall–Kier alpha value is -0.410. The van der Waals surface area contributed by atoms with Crippen LogP contribution in [0.15, 0.2) is 22.8 Å². The number of hydrogen-bond acceptors (Lipinski definition) is 2. The highest BCUT2D eigenvalue weighted by Gasteiger charge is 2.06. The first kappa shape index (κ1) is 13.7. The summed E-state index contributed by atoms with van der Waals surface area (Å²) in [5, 5.41) is 3.49. The molecule has 3 heteroatoms. The lowest BCUT2D eigenvalue weighted by molar-refractivity contribution is 0.418. The Morgan fingerprint density at radius 3 is 2.56 bits per heavy atom. The molecule has 0 aromatic carbocycles. The smallest absolute Gasteiger partial charge is 0.0413 e. The fourth-order valence-corrected chi connectivity index (χ4v) is 1.68. The molecule has 1 heterocycles. The van der Waals surface area contributed by atoms with E-state index in [0.717, 1.165) is 17.4 Å². The third-order valence-corrected chi connectivity index (χ3v) is 2.77. The molecule has 90 valence electrons. The van der Waals surface area contributed by atoms with E-state index in [4.69, 9.17) is 0 Å². The first-order valence-corrected chi connectivity index (χ1v) is 6.62. The zero-order valence-corrected chi connectivity index (χ0v) is 12.0. The zero-order chi connectivity index (χ0) is 12.0. The van der Waals surface area contributed by atoms with Crippen LogP contribution in [0.3, 0.4) is 0 Å². The molecule has 1 N–H and O–H groups in total. The number of pyridine rings is 1. The number of rotatable bonds is 5. The maximum atomic E-state index is 4.36. The third-order valence-electron chi connectivity index (χ3n) is 2.30. The normalized spacial score (nSPS) is 11.8. The van der Waals surface area contributed by atoms with Gasteiger partial charge in [0.05, 0.1) is 0 Å². The standard InChI is InChI=1S/C13H21BrN2/c1-13(2,3)16-9-5-4-6-12-8-7-11(14)10-15-12/h7-8,10,16H,4-6,9H2,1-3H3. The predicted molar refractivity (Wildman–Crippen MR) is 72.6 cm³/mol. The lowest BCUT2D eigenvalue weighted by Gasteiger charge is -2.20. The van der Waals surface area contributed by atoms with Crippen molar-refractivity contribution in [3.05, 3.63) is 28.5 Å². The van der Waals surface area contributed by atoms with Crippen LogP contribution in [-0.2, 0) is 6.42 Å². The summed E-state index contributed by atoms with van der Waals surface area (Å²) >= 11 is 3.39. The molecule has 16 heavy (non-hydrogen) atoms. The molecule has 0 saturated carbocycles. The van der Waals surface area contributed by atoms with Crippen molar-refractivity contribution in [2.45, 2.75) is 45.6 Å². The first-order valence-electron chi connectivity index (χ1n) is 5.83. The van der Waals surface area contributed by atoms with E-state index in [-0.39, 0.29) is 5.54 Å². The van der Waals surface area contributed by atoms with Crippen LogP contribution in [0.25, 0.3) is 0 Å². The maximum absolute atomic E-state index is 4.36. The van der Waals surface area contributed by atoms with Gasteiger partial charge in [0.15, 0.2) is 0 Å². The fraction of sp³-hybridized carbons (Fsp3) is 0.615. The van der Waals surface area contributed by atoms with E-state index < -0.39 is 0 Å². The molecule has 0 radical (unpaired) electrons. The summed E-state index contributed by atoms with van der Waals surface area (Å²) in [5.74, 6) is 0. The minimum absolute atomic E-state index is 0.232. The van der Waals surface area contributed by atoms with Crippen molar-refractivity contribution in [1.29, 1.82) is 0 Å². The summed E-state index contributed by atoms with van der Waals surface area (Å²) < 4.78 is 1.05. The molecule has 0 saturated heterocycles. The zero-order valence-electron chi connectivity index (χ0n) is 10.4. The maximum Gasteiger partial charge on any atom is 0.0413 e. The second-order valence-electron chi connectivity index (χ2n) is 5.10. The van der Waals surface area contributed by atoms with E-state index in [2.05, 4.69) is 59.1 Å². The lowest BCUT2D eigenvalue weighted by atomic mass is 10.1. The number of nitrogens with one attached hydrogen (secondary N) is 1. The van der Waals surface area contributed by atoms with Gasteiger partial charge in [0, 0.05) is 21.9 Å². The van der Waals surface area contributed by atoms with Gasteiger partial charge in [-0.1, -0.05) is 0 Å². The molecule has 0 aliphatic rings. The Kier molecular flexibility index (Phi) is 5.42. The van der Waals surface area contributed by atoms with Crippen LogP contribution in [-0.4, -0.2) is 17.1 Å². The molecule has 1 aromatic rings. The van der Waals surface area contributed by atoms with Crippen LogP contribution >= 0.6 is 15.9 Å². The molecule has 2 nitrogen and oxygen atoms in total. The van der Waals surface area contributed by atoms with E-state index in [9.17, 15) is 0 Å². The SMILES string of the molecule is CC(C)(C)NCCCCc1ccc(Br)cn1. The Morgan fingerprint density at radius 2 is 2.00 bits per heavy atom. The number of aryl methyl sites for hydroxylation is 1. The van der Waals surface area contributed by atoms with Crippen LogP contribution in [0.1, 0.15) is 39.3 Å². The van der Waals surface area contributed by atoms with Gasteiger partial charge < -0.3 is 5.32 Å². The summed E-state index contributed by atoms with van der Waals surface area (Å²) in [6.45, 7) is 7.68. The van der Waals surface area contributed by atoms with Crippen LogP contribution in [0.2, 0.25) is 0 Å². The van der Waals surface area contributed by atoms with Gasteiger partial charge in [-0.05, 0) is 74.6 Å². The summed E-state index contributed by atoms with van der Waals surface area (Å²) in [5.41, 5.74) is 1.41. The molecule has 0 atom stereocenters. The molecule has 0 amide bonds. The number of aromatic nitrogens is 1. The molecular formula is C13H21BrN2. The molecule has 0 unspecified atom stereocenters. The molecule has 0 aliphatic heterocycles. The van der Waals surface area contributed by atoms with E-state index in [1.54, 1.807) is 0 Å². The van der Waals surface area contributed by atoms with E-state index in [0.29, 0.717) is 0 Å². The molecule has 0 fully saturated rings. The van der Waals surface area contributed by atoms with Crippen LogP contribution in [0, 0.1) is 0 Å². The number of halogens is 1. The Labute approximate surface area is 107 Å². The van der Waals surface area contributed by atoms with Crippen molar-refractivity contribution in [1.82, 2.24) is 10.3 Å². The summed E-state index contributed by atoms with van der Waals surface area (Å²) in [7, 11) is 0. The van der Waals surface area contributed by atoms with Gasteiger partial charge in [0.25, 0.3) is 0 Å². The van der Waals surface area contributed by atoms with Gasteiger partial charge in [-0.3, -0.25) is 4.98 Å². The van der Waals surface area contributed by atoms with Crippen LogP contribution in [0.4, 0.5) is 0 Å². The lowest BCUT2D eigenvalue weighted by Crippen LogP contribution is -2.36. The second-order valence-corrected chi connectivity index (χ2v) is 6.02. The largest absolute Gasteiger partial charge is 0.312 e. The highest BCUT2D eigenvalue weighted by molar-refractivity contribution is 9.10. The minimum Gasteiger partial charge on any atom is -0.312 e. The van der Waals surface area contributed by atoms with E-state index in [1.807, 2.05) is 6.20 Å². The molecule has 0 bridgehead atoms. The molecular weight excluding hydrogens is 264 g/mol. The fourth-order valence-electron chi connectivity index (χ4n) is 1.45. The topological polar surface area (TPSA) is 24.9 Å². The van der Waals surface area contributed by atoms with Crippen LogP contribution in [0.5, 0.6) is 0 Å². The van der Waals surface area contributed by atoms with E-state index in [1.165, 1.54) is 18.5 Å². The van der Waals surface area contributed by atoms with Crippen molar-refractivity contribution in [2.24, 2.45) is 0 Å². The highest BCUT2D eigenvalue weighted by Crippen LogP contribution is 2.09. The summed E-state index contributed by atoms with van der Waals surface area (Å²) in [6.07, 6.45) is 5.33. The van der Waals surface area contributed by atoms with Crippen LogP contribution < -0.4 is 5.32 Å². The number of nitrogens with zero attached hydrogens (tertiary/aromatic N) is 1. The Balaban J connectivity index is 2.14. The van der Waals surface area contributed by atoms with Gasteiger partial charge >= 0.3 is 0 Å². The average Bonchev–Trinajstić information content (AvgIpc) is 2.19. The van der Waals surface area contributed by atoms with E-state index >= 15 is 0 Å². The first-order chi connectivity index (χ1) is 7.47.